The van der Waals surface area contributed by atoms with Crippen molar-refractivity contribution in [2.45, 2.75) is 49.2 Å². The molecule has 1 saturated carbocycles. The summed E-state index contributed by atoms with van der Waals surface area (Å²) in [5, 5.41) is -0.513. The van der Waals surface area contributed by atoms with Crippen LogP contribution < -0.4 is 0 Å². The lowest BCUT2D eigenvalue weighted by molar-refractivity contribution is -0.140. The molecule has 0 aromatic heterocycles. The Bertz CT molecular complexity index is 510. The van der Waals surface area contributed by atoms with Gasteiger partial charge in [-0.25, -0.2) is 0 Å². The van der Waals surface area contributed by atoms with Crippen LogP contribution in [0.1, 0.15) is 39.2 Å². The molecule has 0 amide bonds. The molecule has 20 heavy (non-hydrogen) atoms. The summed E-state index contributed by atoms with van der Waals surface area (Å²) in [4.78, 5) is 12.5. The van der Waals surface area contributed by atoms with Gasteiger partial charge in [0, 0.05) is 4.90 Å². The fourth-order valence-electron chi connectivity index (χ4n) is 2.21. The van der Waals surface area contributed by atoms with Gasteiger partial charge in [0.2, 0.25) is 0 Å². The van der Waals surface area contributed by atoms with Gasteiger partial charge in [-0.3, -0.25) is 9.00 Å². The van der Waals surface area contributed by atoms with E-state index in [0.717, 1.165) is 12.8 Å². The summed E-state index contributed by atoms with van der Waals surface area (Å²) in [6.07, 6.45) is 1.93. The zero-order valence-electron chi connectivity index (χ0n) is 12.5. The highest BCUT2D eigenvalue weighted by atomic mass is 32.2. The van der Waals surface area contributed by atoms with E-state index in [0.29, 0.717) is 4.90 Å². The van der Waals surface area contributed by atoms with Gasteiger partial charge in [0.05, 0.1) is 17.9 Å². The SMILES string of the molecule is COC(=O)C(C1CC1)S(=O)c1ccc(C(C)(C)C)cc1. The molecule has 2 unspecified atom stereocenters. The minimum Gasteiger partial charge on any atom is -0.468 e. The molecule has 4 heteroatoms. The summed E-state index contributed by atoms with van der Waals surface area (Å²) >= 11 is 0. The van der Waals surface area contributed by atoms with E-state index in [1.165, 1.54) is 12.7 Å². The lowest BCUT2D eigenvalue weighted by atomic mass is 9.87. The van der Waals surface area contributed by atoms with E-state index in [9.17, 15) is 9.00 Å². The molecule has 1 aromatic carbocycles. The summed E-state index contributed by atoms with van der Waals surface area (Å²) in [7, 11) is 0.0304. The molecule has 0 saturated heterocycles. The number of benzene rings is 1. The molecule has 2 atom stereocenters. The van der Waals surface area contributed by atoms with E-state index < -0.39 is 16.0 Å². The fourth-order valence-corrected chi connectivity index (χ4v) is 3.80. The average molecular weight is 294 g/mol. The first-order valence-electron chi connectivity index (χ1n) is 6.93. The van der Waals surface area contributed by atoms with Crippen LogP contribution in [-0.4, -0.2) is 22.5 Å². The summed E-state index contributed by atoms with van der Waals surface area (Å²) in [5.41, 5.74) is 1.26. The van der Waals surface area contributed by atoms with E-state index >= 15 is 0 Å². The van der Waals surface area contributed by atoms with Gasteiger partial charge in [-0.15, -0.1) is 0 Å². The molecule has 0 bridgehead atoms. The molecule has 0 radical (unpaired) electrons. The highest BCUT2D eigenvalue weighted by molar-refractivity contribution is 7.86. The molecule has 0 spiro atoms. The maximum atomic E-state index is 12.6. The van der Waals surface area contributed by atoms with Crippen LogP contribution in [0.3, 0.4) is 0 Å². The smallest absolute Gasteiger partial charge is 0.322 e. The van der Waals surface area contributed by atoms with Crippen molar-refractivity contribution in [2.24, 2.45) is 5.92 Å². The second-order valence-electron chi connectivity index (χ2n) is 6.35. The van der Waals surface area contributed by atoms with Crippen molar-refractivity contribution in [3.05, 3.63) is 29.8 Å². The Hall–Kier alpha value is -1.16. The Labute approximate surface area is 123 Å². The second kappa shape index (κ2) is 5.68. The van der Waals surface area contributed by atoms with Crippen LogP contribution in [0.4, 0.5) is 0 Å². The molecular weight excluding hydrogens is 272 g/mol. The Kier molecular flexibility index (Phi) is 4.33. The lowest BCUT2D eigenvalue weighted by Gasteiger charge is -2.19. The highest BCUT2D eigenvalue weighted by Crippen LogP contribution is 2.37. The minimum atomic E-state index is -1.33. The Balaban J connectivity index is 2.21. The molecule has 0 N–H and O–H groups in total. The molecule has 0 heterocycles. The normalized spacial score (nSPS) is 18.4. The molecule has 110 valence electrons. The number of rotatable bonds is 4. The van der Waals surface area contributed by atoms with Crippen molar-refractivity contribution in [1.29, 1.82) is 0 Å². The third kappa shape index (κ3) is 3.29. The summed E-state index contributed by atoms with van der Waals surface area (Å²) < 4.78 is 17.4. The van der Waals surface area contributed by atoms with Crippen LogP contribution in [0.5, 0.6) is 0 Å². The molecule has 3 nitrogen and oxygen atoms in total. The first kappa shape index (κ1) is 15.2. The van der Waals surface area contributed by atoms with Gasteiger partial charge < -0.3 is 4.74 Å². The average Bonchev–Trinajstić information content (AvgIpc) is 3.22. The zero-order valence-corrected chi connectivity index (χ0v) is 13.3. The summed E-state index contributed by atoms with van der Waals surface area (Å²) in [5.74, 6) is -0.142. The first-order valence-corrected chi connectivity index (χ1v) is 8.15. The van der Waals surface area contributed by atoms with Crippen molar-refractivity contribution < 1.29 is 13.7 Å². The van der Waals surface area contributed by atoms with Gasteiger partial charge >= 0.3 is 5.97 Å². The zero-order chi connectivity index (χ0) is 14.9. The topological polar surface area (TPSA) is 43.4 Å². The number of carbonyl (C=O) groups excluding carboxylic acids is 1. The molecule has 1 aliphatic carbocycles. The standard InChI is InChI=1S/C16H22O3S/c1-16(2,3)12-7-9-13(10-8-12)20(18)14(11-5-6-11)15(17)19-4/h7-11,14H,5-6H2,1-4H3. The van der Waals surface area contributed by atoms with E-state index in [-0.39, 0.29) is 17.3 Å². The predicted molar refractivity (Wildman–Crippen MR) is 80.1 cm³/mol. The van der Waals surface area contributed by atoms with Crippen LogP contribution in [-0.2, 0) is 25.7 Å². The summed E-state index contributed by atoms with van der Waals surface area (Å²) in [6.45, 7) is 6.42. The Morgan fingerprint density at radius 3 is 2.20 bits per heavy atom. The molecule has 1 fully saturated rings. The molecule has 1 aliphatic rings. The van der Waals surface area contributed by atoms with E-state index in [1.54, 1.807) is 0 Å². The van der Waals surface area contributed by atoms with Crippen LogP contribution >= 0.6 is 0 Å². The van der Waals surface area contributed by atoms with E-state index in [4.69, 9.17) is 4.74 Å². The van der Waals surface area contributed by atoms with Gasteiger partial charge in [0.25, 0.3) is 0 Å². The summed E-state index contributed by atoms with van der Waals surface area (Å²) in [6, 6.07) is 7.73. The molecule has 2 rings (SSSR count). The van der Waals surface area contributed by atoms with Crippen LogP contribution in [0.15, 0.2) is 29.2 Å². The third-order valence-electron chi connectivity index (χ3n) is 3.67. The monoisotopic (exact) mass is 294 g/mol. The molecule has 1 aromatic rings. The van der Waals surface area contributed by atoms with Crippen LogP contribution in [0, 0.1) is 5.92 Å². The fraction of sp³-hybridized carbons (Fsp3) is 0.562. The van der Waals surface area contributed by atoms with Gasteiger partial charge in [0.1, 0.15) is 5.25 Å². The van der Waals surface area contributed by atoms with E-state index in [2.05, 4.69) is 20.8 Å². The highest BCUT2D eigenvalue weighted by Gasteiger charge is 2.41. The number of ether oxygens (including phenoxy) is 1. The van der Waals surface area contributed by atoms with Gasteiger partial charge in [-0.2, -0.15) is 0 Å². The second-order valence-corrected chi connectivity index (χ2v) is 7.93. The van der Waals surface area contributed by atoms with E-state index in [1.807, 2.05) is 24.3 Å². The maximum absolute atomic E-state index is 12.6. The van der Waals surface area contributed by atoms with Gasteiger partial charge in [-0.05, 0) is 41.9 Å². The van der Waals surface area contributed by atoms with Crippen molar-refractivity contribution in [3.63, 3.8) is 0 Å². The molecular formula is C16H22O3S. The largest absolute Gasteiger partial charge is 0.468 e. The quantitative estimate of drug-likeness (QED) is 0.802. The van der Waals surface area contributed by atoms with Crippen LogP contribution in [0.25, 0.3) is 0 Å². The van der Waals surface area contributed by atoms with Gasteiger partial charge in [-0.1, -0.05) is 32.9 Å². The number of esters is 1. The van der Waals surface area contributed by atoms with Gasteiger partial charge in [0.15, 0.2) is 0 Å². The van der Waals surface area contributed by atoms with Crippen molar-refractivity contribution in [2.75, 3.05) is 7.11 Å². The van der Waals surface area contributed by atoms with Crippen molar-refractivity contribution in [3.8, 4) is 0 Å². The maximum Gasteiger partial charge on any atom is 0.322 e. The minimum absolute atomic E-state index is 0.0677. The number of hydrogen-bond acceptors (Lipinski definition) is 3. The number of methoxy groups -OCH3 is 1. The first-order chi connectivity index (χ1) is 9.34. The van der Waals surface area contributed by atoms with Crippen LogP contribution in [0.2, 0.25) is 0 Å². The number of hydrogen-bond donors (Lipinski definition) is 0. The molecule has 0 aliphatic heterocycles. The predicted octanol–water partition coefficient (Wildman–Crippen LogP) is 3.04. The Morgan fingerprint density at radius 1 is 1.25 bits per heavy atom. The lowest BCUT2D eigenvalue weighted by Crippen LogP contribution is -2.29. The van der Waals surface area contributed by atoms with Crippen molar-refractivity contribution >= 4 is 16.8 Å². The third-order valence-corrected chi connectivity index (χ3v) is 5.44. The number of carbonyl (C=O) groups is 1. The van der Waals surface area contributed by atoms with Crippen molar-refractivity contribution in [1.82, 2.24) is 0 Å². The Morgan fingerprint density at radius 2 is 1.80 bits per heavy atom.